The molecule has 0 bridgehead atoms. The quantitative estimate of drug-likeness (QED) is 0.864. The van der Waals surface area contributed by atoms with E-state index in [0.29, 0.717) is 0 Å². The van der Waals surface area contributed by atoms with Crippen LogP contribution in [0.15, 0.2) is 24.3 Å². The Bertz CT molecular complexity index is 398. The number of nitrogens with one attached hydrogen (secondary N) is 1. The molecule has 1 aliphatic rings. The maximum Gasteiger partial charge on any atom is 0.120 e. The zero-order valence-corrected chi connectivity index (χ0v) is 13.1. The zero-order valence-electron chi connectivity index (χ0n) is 13.1. The Morgan fingerprint density at radius 3 is 2.70 bits per heavy atom. The smallest absolute Gasteiger partial charge is 0.120 e. The average molecular weight is 276 g/mol. The lowest BCUT2D eigenvalue weighted by Crippen LogP contribution is -2.36. The summed E-state index contributed by atoms with van der Waals surface area (Å²) in [5.74, 6) is 1.84. The molecule has 1 saturated heterocycles. The second kappa shape index (κ2) is 7.65. The van der Waals surface area contributed by atoms with Crippen LogP contribution in [0.5, 0.6) is 5.75 Å². The normalized spacial score (nSPS) is 17.6. The molecule has 0 saturated carbocycles. The minimum absolute atomic E-state index is 0.238. The van der Waals surface area contributed by atoms with Crippen molar-refractivity contribution in [2.24, 2.45) is 5.92 Å². The van der Waals surface area contributed by atoms with Crippen LogP contribution in [0.4, 0.5) is 0 Å². The van der Waals surface area contributed by atoms with Crippen LogP contribution in [0.1, 0.15) is 32.3 Å². The molecule has 1 aromatic rings. The minimum Gasteiger partial charge on any atom is -0.491 e. The second-order valence-corrected chi connectivity index (χ2v) is 6.09. The summed E-state index contributed by atoms with van der Waals surface area (Å²) in [5, 5.41) is 3.29. The Balaban J connectivity index is 1.84. The number of nitrogens with zero attached hydrogens (tertiary/aromatic N) is 1. The number of hydrogen-bond donors (Lipinski definition) is 1. The van der Waals surface area contributed by atoms with Crippen molar-refractivity contribution in [1.29, 1.82) is 0 Å². The Morgan fingerprint density at radius 2 is 2.05 bits per heavy atom. The van der Waals surface area contributed by atoms with Crippen molar-refractivity contribution >= 4 is 0 Å². The van der Waals surface area contributed by atoms with E-state index in [1.54, 1.807) is 0 Å². The van der Waals surface area contributed by atoms with Gasteiger partial charge in [0.2, 0.25) is 0 Å². The second-order valence-electron chi connectivity index (χ2n) is 6.09. The third-order valence-corrected chi connectivity index (χ3v) is 3.88. The molecule has 0 spiro atoms. The number of hydrogen-bond acceptors (Lipinski definition) is 3. The maximum absolute atomic E-state index is 5.77. The molecule has 1 fully saturated rings. The van der Waals surface area contributed by atoms with Gasteiger partial charge in [0, 0.05) is 6.54 Å². The van der Waals surface area contributed by atoms with E-state index < -0.39 is 0 Å². The standard InChI is InChI=1S/C17H28N2O/c1-14(2)20-17-6-4-5-16(11-17)13-19-9-7-15(8-10-19)12-18-3/h4-6,11,14-15,18H,7-10,12-13H2,1-3H3. The van der Waals surface area contributed by atoms with Gasteiger partial charge in [-0.05, 0) is 77.0 Å². The molecule has 112 valence electrons. The van der Waals surface area contributed by atoms with Crippen molar-refractivity contribution in [2.45, 2.75) is 39.3 Å². The SMILES string of the molecule is CNCC1CCN(Cc2cccc(OC(C)C)c2)CC1. The Hall–Kier alpha value is -1.06. The Kier molecular flexibility index (Phi) is 5.86. The van der Waals surface area contributed by atoms with Gasteiger partial charge in [-0.2, -0.15) is 0 Å². The minimum atomic E-state index is 0.238. The number of ether oxygens (including phenoxy) is 1. The molecule has 1 aliphatic heterocycles. The summed E-state index contributed by atoms with van der Waals surface area (Å²) < 4.78 is 5.77. The molecule has 0 unspecified atom stereocenters. The predicted molar refractivity (Wildman–Crippen MR) is 84.1 cm³/mol. The van der Waals surface area contributed by atoms with Gasteiger partial charge in [0.25, 0.3) is 0 Å². The molecule has 0 radical (unpaired) electrons. The molecule has 0 amide bonds. The van der Waals surface area contributed by atoms with E-state index in [1.807, 2.05) is 13.1 Å². The largest absolute Gasteiger partial charge is 0.491 e. The van der Waals surface area contributed by atoms with Gasteiger partial charge >= 0.3 is 0 Å². The third kappa shape index (κ3) is 4.80. The van der Waals surface area contributed by atoms with Crippen LogP contribution in [-0.4, -0.2) is 37.7 Å². The average Bonchev–Trinajstić information content (AvgIpc) is 2.41. The van der Waals surface area contributed by atoms with E-state index >= 15 is 0 Å². The van der Waals surface area contributed by atoms with Gasteiger partial charge in [-0.3, -0.25) is 4.90 Å². The number of likely N-dealkylation sites (tertiary alicyclic amines) is 1. The molecule has 2 rings (SSSR count). The highest BCUT2D eigenvalue weighted by molar-refractivity contribution is 5.28. The van der Waals surface area contributed by atoms with Gasteiger partial charge in [-0.25, -0.2) is 0 Å². The van der Waals surface area contributed by atoms with E-state index in [4.69, 9.17) is 4.74 Å². The fourth-order valence-corrected chi connectivity index (χ4v) is 2.88. The maximum atomic E-state index is 5.77. The van der Waals surface area contributed by atoms with Crippen molar-refractivity contribution in [2.75, 3.05) is 26.7 Å². The fraction of sp³-hybridized carbons (Fsp3) is 0.647. The Morgan fingerprint density at radius 1 is 1.30 bits per heavy atom. The molecule has 1 aromatic carbocycles. The highest BCUT2D eigenvalue weighted by atomic mass is 16.5. The third-order valence-electron chi connectivity index (χ3n) is 3.88. The van der Waals surface area contributed by atoms with Crippen LogP contribution in [0.25, 0.3) is 0 Å². The first kappa shape index (κ1) is 15.3. The highest BCUT2D eigenvalue weighted by Gasteiger charge is 2.18. The lowest BCUT2D eigenvalue weighted by atomic mass is 9.96. The molecule has 20 heavy (non-hydrogen) atoms. The molecule has 3 nitrogen and oxygen atoms in total. The van der Waals surface area contributed by atoms with Crippen LogP contribution >= 0.6 is 0 Å². The first-order chi connectivity index (χ1) is 9.67. The van der Waals surface area contributed by atoms with E-state index in [0.717, 1.165) is 24.8 Å². The van der Waals surface area contributed by atoms with Gasteiger partial charge in [0.1, 0.15) is 5.75 Å². The zero-order chi connectivity index (χ0) is 14.4. The van der Waals surface area contributed by atoms with Crippen molar-refractivity contribution in [3.05, 3.63) is 29.8 Å². The van der Waals surface area contributed by atoms with E-state index in [-0.39, 0.29) is 6.10 Å². The summed E-state index contributed by atoms with van der Waals surface area (Å²) in [5.41, 5.74) is 1.36. The predicted octanol–water partition coefficient (Wildman–Crippen LogP) is 2.91. The summed E-state index contributed by atoms with van der Waals surface area (Å²) in [6.45, 7) is 8.76. The first-order valence-corrected chi connectivity index (χ1v) is 7.80. The molecule has 1 N–H and O–H groups in total. The lowest BCUT2D eigenvalue weighted by molar-refractivity contribution is 0.176. The van der Waals surface area contributed by atoms with Crippen molar-refractivity contribution in [1.82, 2.24) is 10.2 Å². The van der Waals surface area contributed by atoms with Gasteiger partial charge in [0.15, 0.2) is 0 Å². The van der Waals surface area contributed by atoms with Gasteiger partial charge < -0.3 is 10.1 Å². The highest BCUT2D eigenvalue weighted by Crippen LogP contribution is 2.20. The van der Waals surface area contributed by atoms with Crippen LogP contribution in [0, 0.1) is 5.92 Å². The summed E-state index contributed by atoms with van der Waals surface area (Å²) in [7, 11) is 2.05. The molecular formula is C17H28N2O. The molecule has 0 aromatic heterocycles. The number of rotatable bonds is 6. The van der Waals surface area contributed by atoms with E-state index in [1.165, 1.54) is 31.5 Å². The fourth-order valence-electron chi connectivity index (χ4n) is 2.88. The summed E-state index contributed by atoms with van der Waals surface area (Å²) in [4.78, 5) is 2.56. The molecule has 0 atom stereocenters. The van der Waals surface area contributed by atoms with Crippen molar-refractivity contribution in [3.8, 4) is 5.75 Å². The molecule has 0 aliphatic carbocycles. The number of piperidine rings is 1. The van der Waals surface area contributed by atoms with Crippen molar-refractivity contribution in [3.63, 3.8) is 0 Å². The van der Waals surface area contributed by atoms with Crippen LogP contribution in [-0.2, 0) is 6.54 Å². The summed E-state index contributed by atoms with van der Waals surface area (Å²) in [6.07, 6.45) is 2.86. The molecular weight excluding hydrogens is 248 g/mol. The van der Waals surface area contributed by atoms with Crippen molar-refractivity contribution < 1.29 is 4.74 Å². The van der Waals surface area contributed by atoms with Crippen LogP contribution < -0.4 is 10.1 Å². The van der Waals surface area contributed by atoms with Gasteiger partial charge in [0.05, 0.1) is 6.10 Å². The van der Waals surface area contributed by atoms with Crippen LogP contribution in [0.2, 0.25) is 0 Å². The Labute approximate surface area is 123 Å². The topological polar surface area (TPSA) is 24.5 Å². The molecule has 3 heteroatoms. The van der Waals surface area contributed by atoms with Gasteiger partial charge in [-0.15, -0.1) is 0 Å². The van der Waals surface area contributed by atoms with Crippen LogP contribution in [0.3, 0.4) is 0 Å². The van der Waals surface area contributed by atoms with E-state index in [2.05, 4.69) is 42.3 Å². The van der Waals surface area contributed by atoms with Gasteiger partial charge in [-0.1, -0.05) is 12.1 Å². The monoisotopic (exact) mass is 276 g/mol. The first-order valence-electron chi connectivity index (χ1n) is 7.80. The number of benzene rings is 1. The molecule has 1 heterocycles. The lowest BCUT2D eigenvalue weighted by Gasteiger charge is -2.32. The summed E-state index contributed by atoms with van der Waals surface area (Å²) in [6, 6.07) is 8.52. The van der Waals surface area contributed by atoms with E-state index in [9.17, 15) is 0 Å². The summed E-state index contributed by atoms with van der Waals surface area (Å²) >= 11 is 0.